The zero-order valence-electron chi connectivity index (χ0n) is 6.56. The average molecular weight is 194 g/mol. The summed E-state index contributed by atoms with van der Waals surface area (Å²) >= 11 is 1.47. The SMILES string of the molecule is O=[N+]([O-])c1ccc2c(c1)SC=CN2. The normalized spacial score (nSPS) is 13.2. The Labute approximate surface area is 78.8 Å². The molecule has 0 radical (unpaired) electrons. The highest BCUT2D eigenvalue weighted by Crippen LogP contribution is 2.34. The van der Waals surface area contributed by atoms with Crippen molar-refractivity contribution in [2.45, 2.75) is 4.90 Å². The molecule has 0 amide bonds. The molecule has 5 heteroatoms. The van der Waals surface area contributed by atoms with Crippen molar-refractivity contribution in [3.05, 3.63) is 39.9 Å². The van der Waals surface area contributed by atoms with Crippen LogP contribution in [0.25, 0.3) is 0 Å². The summed E-state index contributed by atoms with van der Waals surface area (Å²) in [6.45, 7) is 0. The number of benzene rings is 1. The van der Waals surface area contributed by atoms with E-state index in [-0.39, 0.29) is 10.6 Å². The number of non-ortho nitro benzene ring substituents is 1. The van der Waals surface area contributed by atoms with Gasteiger partial charge in [-0.3, -0.25) is 10.1 Å². The number of rotatable bonds is 1. The molecular formula is C8H6N2O2S. The van der Waals surface area contributed by atoms with Crippen LogP contribution in [0, 0.1) is 10.1 Å². The number of anilines is 1. The topological polar surface area (TPSA) is 55.2 Å². The fourth-order valence-corrected chi connectivity index (χ4v) is 1.80. The molecule has 0 spiro atoms. The molecule has 0 fully saturated rings. The van der Waals surface area contributed by atoms with Crippen LogP contribution in [0.1, 0.15) is 0 Å². The van der Waals surface area contributed by atoms with E-state index in [0.29, 0.717) is 0 Å². The molecule has 66 valence electrons. The number of nitro benzene ring substituents is 1. The lowest BCUT2D eigenvalue weighted by molar-refractivity contribution is -0.385. The molecule has 0 bridgehead atoms. The fourth-order valence-electron chi connectivity index (χ4n) is 1.07. The monoisotopic (exact) mass is 194 g/mol. The number of nitrogens with one attached hydrogen (secondary N) is 1. The van der Waals surface area contributed by atoms with Gasteiger partial charge in [0.2, 0.25) is 0 Å². The van der Waals surface area contributed by atoms with E-state index < -0.39 is 0 Å². The van der Waals surface area contributed by atoms with Crippen LogP contribution >= 0.6 is 11.8 Å². The lowest BCUT2D eigenvalue weighted by Gasteiger charge is -2.10. The predicted octanol–water partition coefficient (Wildman–Crippen LogP) is 2.58. The number of fused-ring (bicyclic) bond motifs is 1. The number of hydrogen-bond acceptors (Lipinski definition) is 4. The van der Waals surface area contributed by atoms with Crippen LogP contribution < -0.4 is 5.32 Å². The van der Waals surface area contributed by atoms with Crippen LogP contribution in [0.2, 0.25) is 0 Å². The second-order valence-electron chi connectivity index (χ2n) is 2.50. The van der Waals surface area contributed by atoms with Gasteiger partial charge in [-0.2, -0.15) is 0 Å². The van der Waals surface area contributed by atoms with Crippen molar-refractivity contribution in [1.29, 1.82) is 0 Å². The third kappa shape index (κ3) is 1.50. The highest BCUT2D eigenvalue weighted by atomic mass is 32.2. The van der Waals surface area contributed by atoms with Crippen molar-refractivity contribution >= 4 is 23.1 Å². The van der Waals surface area contributed by atoms with E-state index in [1.807, 2.05) is 5.41 Å². The second-order valence-corrected chi connectivity index (χ2v) is 3.45. The minimum atomic E-state index is -0.390. The number of nitro groups is 1. The van der Waals surface area contributed by atoms with Crippen LogP contribution in [0.5, 0.6) is 0 Å². The largest absolute Gasteiger partial charge is 0.360 e. The van der Waals surface area contributed by atoms with Gasteiger partial charge >= 0.3 is 0 Å². The van der Waals surface area contributed by atoms with E-state index in [4.69, 9.17) is 0 Å². The van der Waals surface area contributed by atoms with Gasteiger partial charge in [0.1, 0.15) is 0 Å². The third-order valence-corrected chi connectivity index (χ3v) is 2.54. The quantitative estimate of drug-likeness (QED) is 0.551. The summed E-state index contributed by atoms with van der Waals surface area (Å²) < 4.78 is 0. The Kier molecular flexibility index (Phi) is 1.94. The molecule has 0 atom stereocenters. The second kappa shape index (κ2) is 3.10. The minimum absolute atomic E-state index is 0.128. The molecule has 1 N–H and O–H groups in total. The van der Waals surface area contributed by atoms with Crippen molar-refractivity contribution in [3.63, 3.8) is 0 Å². The average Bonchev–Trinajstić information content (AvgIpc) is 2.17. The minimum Gasteiger partial charge on any atom is -0.360 e. The third-order valence-electron chi connectivity index (χ3n) is 1.68. The van der Waals surface area contributed by atoms with Gasteiger partial charge in [0, 0.05) is 23.2 Å². The van der Waals surface area contributed by atoms with Gasteiger partial charge in [-0.25, -0.2) is 0 Å². The van der Waals surface area contributed by atoms with Crippen LogP contribution in [0.4, 0.5) is 11.4 Å². The van der Waals surface area contributed by atoms with Gasteiger partial charge in [-0.05, 0) is 11.5 Å². The van der Waals surface area contributed by atoms with Gasteiger partial charge in [0.25, 0.3) is 5.69 Å². The van der Waals surface area contributed by atoms with Gasteiger partial charge in [-0.1, -0.05) is 11.8 Å². The molecule has 0 aliphatic carbocycles. The van der Waals surface area contributed by atoms with Crippen molar-refractivity contribution in [2.24, 2.45) is 0 Å². The van der Waals surface area contributed by atoms with Gasteiger partial charge in [0.15, 0.2) is 0 Å². The molecule has 1 aromatic rings. The molecule has 0 aromatic heterocycles. The molecule has 2 rings (SSSR count). The summed E-state index contributed by atoms with van der Waals surface area (Å²) in [6, 6.07) is 4.77. The standard InChI is InChI=1S/C8H6N2O2S/c11-10(12)6-1-2-7-8(5-6)13-4-3-9-7/h1-5,9H. The molecular weight excluding hydrogens is 188 g/mol. The number of thioether (sulfide) groups is 1. The van der Waals surface area contributed by atoms with E-state index in [9.17, 15) is 10.1 Å². The highest BCUT2D eigenvalue weighted by Gasteiger charge is 2.11. The molecule has 0 saturated carbocycles. The zero-order valence-corrected chi connectivity index (χ0v) is 7.38. The summed E-state index contributed by atoms with van der Waals surface area (Å²) in [5, 5.41) is 15.3. The molecule has 1 aliphatic heterocycles. The maximum atomic E-state index is 10.4. The summed E-state index contributed by atoms with van der Waals surface area (Å²) in [5.41, 5.74) is 1.04. The first-order valence-electron chi connectivity index (χ1n) is 3.64. The molecule has 1 aliphatic rings. The molecule has 4 nitrogen and oxygen atoms in total. The predicted molar refractivity (Wildman–Crippen MR) is 51.7 cm³/mol. The van der Waals surface area contributed by atoms with E-state index in [2.05, 4.69) is 5.32 Å². The van der Waals surface area contributed by atoms with Crippen molar-refractivity contribution in [3.8, 4) is 0 Å². The first-order chi connectivity index (χ1) is 6.27. The highest BCUT2D eigenvalue weighted by molar-refractivity contribution is 8.02. The van der Waals surface area contributed by atoms with Crippen molar-refractivity contribution < 1.29 is 4.92 Å². The first-order valence-corrected chi connectivity index (χ1v) is 4.52. The van der Waals surface area contributed by atoms with Gasteiger partial charge in [-0.15, -0.1) is 0 Å². The molecule has 13 heavy (non-hydrogen) atoms. The lowest BCUT2D eigenvalue weighted by Crippen LogP contribution is -1.95. The smallest absolute Gasteiger partial charge is 0.270 e. The van der Waals surface area contributed by atoms with Gasteiger partial charge < -0.3 is 5.32 Å². The van der Waals surface area contributed by atoms with E-state index >= 15 is 0 Å². The first kappa shape index (κ1) is 8.12. The van der Waals surface area contributed by atoms with Crippen LogP contribution in [0.3, 0.4) is 0 Å². The fraction of sp³-hybridized carbons (Fsp3) is 0. The Morgan fingerprint density at radius 3 is 3.08 bits per heavy atom. The summed E-state index contributed by atoms with van der Waals surface area (Å²) in [7, 11) is 0. The van der Waals surface area contributed by atoms with Crippen LogP contribution in [-0.2, 0) is 0 Å². The Hall–Kier alpha value is -1.49. The lowest BCUT2D eigenvalue weighted by atomic mass is 10.3. The molecule has 0 saturated heterocycles. The van der Waals surface area contributed by atoms with Crippen LogP contribution in [0.15, 0.2) is 34.7 Å². The molecule has 1 aromatic carbocycles. The van der Waals surface area contributed by atoms with E-state index in [1.165, 1.54) is 17.8 Å². The maximum Gasteiger partial charge on any atom is 0.270 e. The zero-order chi connectivity index (χ0) is 9.26. The van der Waals surface area contributed by atoms with E-state index in [0.717, 1.165) is 10.6 Å². The van der Waals surface area contributed by atoms with E-state index in [1.54, 1.807) is 18.3 Å². The molecule has 1 heterocycles. The summed E-state index contributed by atoms with van der Waals surface area (Å²) in [5.74, 6) is 0. The summed E-state index contributed by atoms with van der Waals surface area (Å²) in [4.78, 5) is 10.9. The molecule has 0 unspecified atom stereocenters. The number of nitrogens with zero attached hydrogens (tertiary/aromatic N) is 1. The summed E-state index contributed by atoms with van der Waals surface area (Å²) in [6.07, 6.45) is 1.80. The van der Waals surface area contributed by atoms with Crippen LogP contribution in [-0.4, -0.2) is 4.92 Å². The maximum absolute atomic E-state index is 10.4. The van der Waals surface area contributed by atoms with Gasteiger partial charge in [0.05, 0.1) is 10.6 Å². The Bertz CT molecular complexity index is 390. The van der Waals surface area contributed by atoms with Crippen molar-refractivity contribution in [2.75, 3.05) is 5.32 Å². The Morgan fingerprint density at radius 1 is 1.46 bits per heavy atom. The number of hydrogen-bond donors (Lipinski definition) is 1. The van der Waals surface area contributed by atoms with Crippen molar-refractivity contribution in [1.82, 2.24) is 0 Å². The Balaban J connectivity index is 2.44. The Morgan fingerprint density at radius 2 is 2.31 bits per heavy atom.